The lowest BCUT2D eigenvalue weighted by molar-refractivity contribution is 0.167. The summed E-state index contributed by atoms with van der Waals surface area (Å²) in [5, 5.41) is 12.6. The molecule has 2 rings (SSSR count). The molecule has 5 heteroatoms. The van der Waals surface area contributed by atoms with Gasteiger partial charge in [0.05, 0.1) is 16.8 Å². The maximum Gasteiger partial charge on any atom is 0.180 e. The standard InChI is InChI=1S/C11H15NO3S/c13-11-6-7-12-10(11)8-16(14,15)9-4-2-1-3-5-9/h1-5,10-13H,6-8H2. The second-order valence-corrected chi connectivity index (χ2v) is 6.05. The van der Waals surface area contributed by atoms with Crippen molar-refractivity contribution in [2.45, 2.75) is 23.5 Å². The summed E-state index contributed by atoms with van der Waals surface area (Å²) in [6, 6.07) is 8.00. The van der Waals surface area contributed by atoms with Crippen LogP contribution < -0.4 is 5.32 Å². The van der Waals surface area contributed by atoms with Gasteiger partial charge in [-0.1, -0.05) is 18.2 Å². The zero-order valence-corrected chi connectivity index (χ0v) is 9.65. The summed E-state index contributed by atoms with van der Waals surface area (Å²) in [7, 11) is -3.30. The summed E-state index contributed by atoms with van der Waals surface area (Å²) in [6.07, 6.45) is 0.0631. The first-order valence-electron chi connectivity index (χ1n) is 5.29. The lowest BCUT2D eigenvalue weighted by Crippen LogP contribution is -2.37. The highest BCUT2D eigenvalue weighted by atomic mass is 32.2. The van der Waals surface area contributed by atoms with Crippen LogP contribution in [0.2, 0.25) is 0 Å². The van der Waals surface area contributed by atoms with Crippen molar-refractivity contribution in [2.24, 2.45) is 0 Å². The molecule has 0 radical (unpaired) electrons. The first-order chi connectivity index (χ1) is 7.59. The quantitative estimate of drug-likeness (QED) is 0.792. The Labute approximate surface area is 95.2 Å². The van der Waals surface area contributed by atoms with Crippen molar-refractivity contribution in [3.8, 4) is 0 Å². The minimum absolute atomic E-state index is 0.0435. The Kier molecular flexibility index (Phi) is 3.28. The molecule has 0 amide bonds. The number of hydrogen-bond donors (Lipinski definition) is 2. The predicted octanol–water partition coefficient (Wildman–Crippen LogP) is 0.183. The fourth-order valence-electron chi connectivity index (χ4n) is 1.88. The van der Waals surface area contributed by atoms with E-state index in [1.165, 1.54) is 0 Å². The third-order valence-electron chi connectivity index (χ3n) is 2.81. The molecule has 0 aromatic heterocycles. The lowest BCUT2D eigenvalue weighted by Gasteiger charge is -2.14. The molecule has 2 atom stereocenters. The van der Waals surface area contributed by atoms with Gasteiger partial charge < -0.3 is 10.4 Å². The molecule has 0 saturated carbocycles. The van der Waals surface area contributed by atoms with Gasteiger partial charge in [-0.3, -0.25) is 0 Å². The molecule has 1 aliphatic rings. The number of aliphatic hydroxyl groups excluding tert-OH is 1. The average molecular weight is 241 g/mol. The lowest BCUT2D eigenvalue weighted by atomic mass is 10.2. The predicted molar refractivity (Wildman–Crippen MR) is 60.9 cm³/mol. The van der Waals surface area contributed by atoms with E-state index in [0.29, 0.717) is 17.9 Å². The third kappa shape index (κ3) is 2.42. The molecule has 1 heterocycles. The van der Waals surface area contributed by atoms with Crippen LogP contribution >= 0.6 is 0 Å². The fraction of sp³-hybridized carbons (Fsp3) is 0.455. The van der Waals surface area contributed by atoms with Crippen LogP contribution in [0.15, 0.2) is 35.2 Å². The molecule has 0 bridgehead atoms. The molecule has 88 valence electrons. The van der Waals surface area contributed by atoms with E-state index in [1.807, 2.05) is 0 Å². The van der Waals surface area contributed by atoms with Crippen molar-refractivity contribution < 1.29 is 13.5 Å². The largest absolute Gasteiger partial charge is 0.391 e. The van der Waals surface area contributed by atoms with E-state index in [-0.39, 0.29) is 11.8 Å². The highest BCUT2D eigenvalue weighted by Gasteiger charge is 2.30. The van der Waals surface area contributed by atoms with Gasteiger partial charge in [0.1, 0.15) is 0 Å². The first-order valence-corrected chi connectivity index (χ1v) is 6.94. The topological polar surface area (TPSA) is 66.4 Å². The average Bonchev–Trinajstić information content (AvgIpc) is 2.65. The first kappa shape index (κ1) is 11.6. The van der Waals surface area contributed by atoms with Crippen molar-refractivity contribution in [2.75, 3.05) is 12.3 Å². The van der Waals surface area contributed by atoms with E-state index < -0.39 is 15.9 Å². The molecular weight excluding hydrogens is 226 g/mol. The number of sulfone groups is 1. The molecule has 1 fully saturated rings. The van der Waals surface area contributed by atoms with Crippen molar-refractivity contribution in [3.63, 3.8) is 0 Å². The van der Waals surface area contributed by atoms with Gasteiger partial charge in [0.2, 0.25) is 0 Å². The van der Waals surface area contributed by atoms with E-state index in [2.05, 4.69) is 5.32 Å². The van der Waals surface area contributed by atoms with Crippen molar-refractivity contribution in [1.82, 2.24) is 5.32 Å². The van der Waals surface area contributed by atoms with Crippen LogP contribution in [0, 0.1) is 0 Å². The van der Waals surface area contributed by atoms with E-state index in [0.717, 1.165) is 0 Å². The van der Waals surface area contributed by atoms with E-state index in [9.17, 15) is 13.5 Å². The molecule has 0 aliphatic carbocycles. The van der Waals surface area contributed by atoms with Gasteiger partial charge in [-0.25, -0.2) is 8.42 Å². The molecule has 1 aliphatic heterocycles. The van der Waals surface area contributed by atoms with Gasteiger partial charge in [-0.2, -0.15) is 0 Å². The van der Waals surface area contributed by atoms with E-state index in [4.69, 9.17) is 0 Å². The molecule has 1 saturated heterocycles. The molecular formula is C11H15NO3S. The van der Waals surface area contributed by atoms with E-state index >= 15 is 0 Å². The molecule has 2 N–H and O–H groups in total. The Hall–Kier alpha value is -0.910. The number of hydrogen-bond acceptors (Lipinski definition) is 4. The number of aliphatic hydroxyl groups is 1. The monoisotopic (exact) mass is 241 g/mol. The molecule has 1 aromatic carbocycles. The van der Waals surface area contributed by atoms with Gasteiger partial charge in [0.25, 0.3) is 0 Å². The van der Waals surface area contributed by atoms with Crippen LogP contribution in [0.25, 0.3) is 0 Å². The Bertz CT molecular complexity index is 444. The van der Waals surface area contributed by atoms with Gasteiger partial charge in [-0.05, 0) is 25.1 Å². The summed E-state index contributed by atoms with van der Waals surface area (Å²) in [6.45, 7) is 0.677. The van der Waals surface area contributed by atoms with Crippen molar-refractivity contribution in [3.05, 3.63) is 30.3 Å². The summed E-state index contributed by atoms with van der Waals surface area (Å²) >= 11 is 0. The van der Waals surface area contributed by atoms with Crippen LogP contribution in [-0.2, 0) is 9.84 Å². The van der Waals surface area contributed by atoms with Gasteiger partial charge >= 0.3 is 0 Å². The summed E-state index contributed by atoms with van der Waals surface area (Å²) in [4.78, 5) is 0.316. The van der Waals surface area contributed by atoms with Crippen LogP contribution in [0.4, 0.5) is 0 Å². The van der Waals surface area contributed by atoms with Crippen LogP contribution in [0.3, 0.4) is 0 Å². The Balaban J connectivity index is 2.15. The molecule has 16 heavy (non-hydrogen) atoms. The number of rotatable bonds is 3. The van der Waals surface area contributed by atoms with Gasteiger partial charge in [-0.15, -0.1) is 0 Å². The normalized spacial score (nSPS) is 25.8. The van der Waals surface area contributed by atoms with Crippen molar-refractivity contribution in [1.29, 1.82) is 0 Å². The van der Waals surface area contributed by atoms with E-state index in [1.54, 1.807) is 30.3 Å². The Morgan fingerprint density at radius 3 is 2.56 bits per heavy atom. The highest BCUT2D eigenvalue weighted by Crippen LogP contribution is 2.15. The molecule has 2 unspecified atom stereocenters. The smallest absolute Gasteiger partial charge is 0.180 e. The molecule has 0 spiro atoms. The minimum Gasteiger partial charge on any atom is -0.391 e. The van der Waals surface area contributed by atoms with Crippen LogP contribution in [-0.4, -0.2) is 38.0 Å². The van der Waals surface area contributed by atoms with Crippen LogP contribution in [0.1, 0.15) is 6.42 Å². The Morgan fingerprint density at radius 1 is 1.31 bits per heavy atom. The van der Waals surface area contributed by atoms with Crippen molar-refractivity contribution >= 4 is 9.84 Å². The highest BCUT2D eigenvalue weighted by molar-refractivity contribution is 7.91. The number of benzene rings is 1. The Morgan fingerprint density at radius 2 is 2.00 bits per heavy atom. The number of nitrogens with one attached hydrogen (secondary N) is 1. The second-order valence-electron chi connectivity index (χ2n) is 4.01. The second kappa shape index (κ2) is 4.53. The summed E-state index contributed by atoms with van der Waals surface area (Å²) < 4.78 is 24.0. The minimum atomic E-state index is -3.30. The van der Waals surface area contributed by atoms with Crippen LogP contribution in [0.5, 0.6) is 0 Å². The molecule has 1 aromatic rings. The zero-order chi connectivity index (χ0) is 11.6. The zero-order valence-electron chi connectivity index (χ0n) is 8.83. The summed E-state index contributed by atoms with van der Waals surface area (Å²) in [5.74, 6) is -0.0435. The SMILES string of the molecule is O=S(=O)(CC1NCCC1O)c1ccccc1. The summed E-state index contributed by atoms with van der Waals surface area (Å²) in [5.41, 5.74) is 0. The van der Waals surface area contributed by atoms with Gasteiger partial charge in [0.15, 0.2) is 9.84 Å². The maximum atomic E-state index is 12.0. The maximum absolute atomic E-state index is 12.0. The fourth-order valence-corrected chi connectivity index (χ4v) is 3.46. The molecule has 4 nitrogen and oxygen atoms in total. The third-order valence-corrected chi connectivity index (χ3v) is 4.60. The van der Waals surface area contributed by atoms with Gasteiger partial charge in [0, 0.05) is 6.04 Å².